The van der Waals surface area contributed by atoms with Crippen LogP contribution in [-0.2, 0) is 4.79 Å². The van der Waals surface area contributed by atoms with Crippen LogP contribution >= 0.6 is 11.8 Å². The molecule has 0 amide bonds. The van der Waals surface area contributed by atoms with Crippen molar-refractivity contribution in [2.45, 2.75) is 24.5 Å². The molecule has 2 unspecified atom stereocenters. The average molecular weight is 197 g/mol. The van der Waals surface area contributed by atoms with Crippen LogP contribution in [0.1, 0.15) is 19.3 Å². The summed E-state index contributed by atoms with van der Waals surface area (Å²) < 4.78 is 0. The Kier molecular flexibility index (Phi) is 2.47. The van der Waals surface area contributed by atoms with Gasteiger partial charge >= 0.3 is 0 Å². The highest BCUT2D eigenvalue weighted by molar-refractivity contribution is 8.01. The van der Waals surface area contributed by atoms with Gasteiger partial charge in [-0.25, -0.2) is 0 Å². The lowest BCUT2D eigenvalue weighted by atomic mass is 9.82. The van der Waals surface area contributed by atoms with Gasteiger partial charge in [0, 0.05) is 11.8 Å². The zero-order valence-electron chi connectivity index (χ0n) is 7.66. The number of nitrogens with two attached hydrogens (primary N) is 1. The van der Waals surface area contributed by atoms with Crippen LogP contribution < -0.4 is 5.73 Å². The van der Waals surface area contributed by atoms with Crippen LogP contribution in [0.4, 0.5) is 0 Å². The van der Waals surface area contributed by atoms with Crippen molar-refractivity contribution in [2.75, 3.05) is 12.3 Å². The third-order valence-corrected chi connectivity index (χ3v) is 4.60. The van der Waals surface area contributed by atoms with E-state index in [1.165, 1.54) is 12.8 Å². The van der Waals surface area contributed by atoms with Gasteiger partial charge in [0.2, 0.25) is 0 Å². The second-order valence-corrected chi connectivity index (χ2v) is 4.98. The maximum Gasteiger partial charge on any atom is 0.153 e. The summed E-state index contributed by atoms with van der Waals surface area (Å²) in [5.74, 6) is 1.13. The summed E-state index contributed by atoms with van der Waals surface area (Å²) in [7, 11) is 0. The van der Waals surface area contributed by atoms with Crippen LogP contribution in [0.3, 0.4) is 0 Å². The average Bonchev–Trinajstić information content (AvgIpc) is 2.65. The molecule has 0 aromatic heterocycles. The summed E-state index contributed by atoms with van der Waals surface area (Å²) in [6.07, 6.45) is 7.46. The van der Waals surface area contributed by atoms with E-state index < -0.39 is 0 Å². The Bertz CT molecular complexity index is 251. The molecule has 0 bridgehead atoms. The predicted octanol–water partition coefficient (Wildman–Crippen LogP) is 1.36. The van der Waals surface area contributed by atoms with E-state index in [1.54, 1.807) is 0 Å². The molecule has 1 aliphatic carbocycles. The lowest BCUT2D eigenvalue weighted by molar-refractivity contribution is -0.122. The smallest absolute Gasteiger partial charge is 0.153 e. The second kappa shape index (κ2) is 3.46. The van der Waals surface area contributed by atoms with Gasteiger partial charge in [-0.1, -0.05) is 18.6 Å². The first kappa shape index (κ1) is 9.28. The third-order valence-electron chi connectivity index (χ3n) is 3.12. The van der Waals surface area contributed by atoms with Crippen LogP contribution in [0, 0.1) is 5.41 Å². The van der Waals surface area contributed by atoms with Gasteiger partial charge in [0.1, 0.15) is 0 Å². The van der Waals surface area contributed by atoms with E-state index in [-0.39, 0.29) is 5.41 Å². The van der Waals surface area contributed by atoms with Crippen LogP contribution in [-0.4, -0.2) is 23.3 Å². The van der Waals surface area contributed by atoms with Crippen molar-refractivity contribution in [3.63, 3.8) is 0 Å². The molecule has 72 valence electrons. The van der Waals surface area contributed by atoms with Crippen molar-refractivity contribution in [3.8, 4) is 0 Å². The highest BCUT2D eigenvalue weighted by Crippen LogP contribution is 2.52. The zero-order chi connectivity index (χ0) is 9.31. The monoisotopic (exact) mass is 197 g/mol. The van der Waals surface area contributed by atoms with Crippen molar-refractivity contribution in [3.05, 3.63) is 12.2 Å². The molecule has 1 aliphatic heterocycles. The van der Waals surface area contributed by atoms with E-state index in [4.69, 9.17) is 5.73 Å². The van der Waals surface area contributed by atoms with Crippen molar-refractivity contribution in [1.29, 1.82) is 0 Å². The Hall–Kier alpha value is -0.280. The summed E-state index contributed by atoms with van der Waals surface area (Å²) in [6, 6.07) is 0. The molecule has 0 radical (unpaired) electrons. The Morgan fingerprint density at radius 1 is 1.69 bits per heavy atom. The summed E-state index contributed by atoms with van der Waals surface area (Å²) in [5.41, 5.74) is 5.31. The van der Waals surface area contributed by atoms with Crippen molar-refractivity contribution in [1.82, 2.24) is 0 Å². The highest BCUT2D eigenvalue weighted by atomic mass is 32.2. The lowest BCUT2D eigenvalue weighted by Crippen LogP contribution is -2.29. The zero-order valence-corrected chi connectivity index (χ0v) is 8.48. The largest absolute Gasteiger partial charge is 0.327 e. The molecule has 1 saturated heterocycles. The number of rotatable bonds is 2. The Morgan fingerprint density at radius 2 is 2.54 bits per heavy atom. The minimum absolute atomic E-state index is 0.121. The molecule has 2 aliphatic rings. The topological polar surface area (TPSA) is 43.1 Å². The van der Waals surface area contributed by atoms with E-state index in [9.17, 15) is 4.79 Å². The fourth-order valence-electron chi connectivity index (χ4n) is 2.42. The maximum absolute atomic E-state index is 11.8. The van der Waals surface area contributed by atoms with Crippen molar-refractivity contribution < 1.29 is 4.79 Å². The van der Waals surface area contributed by atoms with Gasteiger partial charge < -0.3 is 5.73 Å². The van der Waals surface area contributed by atoms with Crippen molar-refractivity contribution >= 4 is 17.5 Å². The Morgan fingerprint density at radius 3 is 3.31 bits per heavy atom. The lowest BCUT2D eigenvalue weighted by Gasteiger charge is -2.22. The molecule has 2 atom stereocenters. The van der Waals surface area contributed by atoms with Gasteiger partial charge in [-0.05, 0) is 12.8 Å². The van der Waals surface area contributed by atoms with Gasteiger partial charge in [-0.3, -0.25) is 4.79 Å². The Labute approximate surface area is 82.9 Å². The molecule has 0 aromatic rings. The molecule has 0 spiro atoms. The van der Waals surface area contributed by atoms with Crippen LogP contribution in [0.5, 0.6) is 0 Å². The van der Waals surface area contributed by atoms with E-state index in [2.05, 4.69) is 6.08 Å². The van der Waals surface area contributed by atoms with Crippen LogP contribution in [0.15, 0.2) is 12.2 Å². The molecule has 2 rings (SSSR count). The van der Waals surface area contributed by atoms with Crippen LogP contribution in [0.2, 0.25) is 0 Å². The molecule has 2 nitrogen and oxygen atoms in total. The van der Waals surface area contributed by atoms with Gasteiger partial charge in [0.15, 0.2) is 5.78 Å². The number of carbonyl (C=O) groups is 1. The molecule has 1 saturated carbocycles. The molecule has 1 heterocycles. The normalized spacial score (nSPS) is 38.8. The van der Waals surface area contributed by atoms with E-state index in [0.29, 0.717) is 23.3 Å². The summed E-state index contributed by atoms with van der Waals surface area (Å²) >= 11 is 1.83. The Balaban J connectivity index is 2.24. The molecule has 2 fully saturated rings. The molecular weight excluding hydrogens is 182 g/mol. The fraction of sp³-hybridized carbons (Fsp3) is 0.700. The standard InChI is InChI=1S/C10H15NOS/c11-6-2-5-10-4-1-3-9(10)13-7-8(10)12/h2,5,9H,1,3-4,6-7,11H2. The maximum atomic E-state index is 11.8. The van der Waals surface area contributed by atoms with E-state index in [0.717, 1.165) is 6.42 Å². The number of hydrogen-bond donors (Lipinski definition) is 1. The summed E-state index contributed by atoms with van der Waals surface area (Å²) in [6.45, 7) is 0.548. The number of hydrogen-bond acceptors (Lipinski definition) is 3. The van der Waals surface area contributed by atoms with Gasteiger partial charge in [0.05, 0.1) is 11.2 Å². The summed E-state index contributed by atoms with van der Waals surface area (Å²) in [5, 5.41) is 0.544. The molecule has 3 heteroatoms. The number of fused-ring (bicyclic) bond motifs is 1. The number of allylic oxidation sites excluding steroid dienone is 1. The summed E-state index contributed by atoms with van der Waals surface area (Å²) in [4.78, 5) is 11.8. The first-order chi connectivity index (χ1) is 6.29. The molecule has 2 N–H and O–H groups in total. The minimum Gasteiger partial charge on any atom is -0.327 e. The first-order valence-electron chi connectivity index (χ1n) is 4.82. The first-order valence-corrected chi connectivity index (χ1v) is 5.87. The fourth-order valence-corrected chi connectivity index (χ4v) is 4.00. The second-order valence-electron chi connectivity index (χ2n) is 3.79. The predicted molar refractivity (Wildman–Crippen MR) is 55.7 cm³/mol. The highest BCUT2D eigenvalue weighted by Gasteiger charge is 2.51. The van der Waals surface area contributed by atoms with Crippen molar-refractivity contribution in [2.24, 2.45) is 11.1 Å². The minimum atomic E-state index is -0.121. The quantitative estimate of drug-likeness (QED) is 0.680. The number of ketones is 1. The molecular formula is C10H15NOS. The van der Waals surface area contributed by atoms with Gasteiger partial charge in [-0.15, -0.1) is 11.8 Å². The van der Waals surface area contributed by atoms with Crippen LogP contribution in [0.25, 0.3) is 0 Å². The SMILES string of the molecule is NCC=CC12CCCC1SCC2=O. The third kappa shape index (κ3) is 1.34. The molecule has 13 heavy (non-hydrogen) atoms. The van der Waals surface area contributed by atoms with Gasteiger partial charge in [0.25, 0.3) is 0 Å². The van der Waals surface area contributed by atoms with Gasteiger partial charge in [-0.2, -0.15) is 0 Å². The number of Topliss-reactive ketones (excluding diaryl/α,β-unsaturated/α-hetero) is 1. The molecule has 0 aromatic carbocycles. The van der Waals surface area contributed by atoms with E-state index in [1.807, 2.05) is 17.8 Å². The number of thioether (sulfide) groups is 1. The number of carbonyl (C=O) groups excluding carboxylic acids is 1. The van der Waals surface area contributed by atoms with E-state index >= 15 is 0 Å².